The molecule has 0 N–H and O–H groups in total. The smallest absolute Gasteiger partial charge is 0.347 e. The van der Waals surface area contributed by atoms with E-state index in [1.54, 1.807) is 18.2 Å². The van der Waals surface area contributed by atoms with Crippen LogP contribution in [0.1, 0.15) is 44.3 Å². The molecule has 3 heterocycles. The second-order valence-corrected chi connectivity index (χ2v) is 10.0. The van der Waals surface area contributed by atoms with E-state index in [0.29, 0.717) is 23.1 Å². The van der Waals surface area contributed by atoms with Gasteiger partial charge in [0.15, 0.2) is 0 Å². The van der Waals surface area contributed by atoms with Gasteiger partial charge in [-0.05, 0) is 62.8 Å². The van der Waals surface area contributed by atoms with E-state index in [4.69, 9.17) is 16.0 Å². The Kier molecular flexibility index (Phi) is 13.6. The number of hydrazone groups is 1. The van der Waals surface area contributed by atoms with Crippen LogP contribution in [0.2, 0.25) is 5.02 Å². The normalized spacial score (nSPS) is 16.8. The van der Waals surface area contributed by atoms with E-state index in [1.807, 2.05) is 18.2 Å². The van der Waals surface area contributed by atoms with E-state index < -0.39 is 0 Å². The molecule has 4 rings (SSSR count). The van der Waals surface area contributed by atoms with Crippen molar-refractivity contribution in [1.82, 2.24) is 19.7 Å². The fourth-order valence-corrected chi connectivity index (χ4v) is 4.67. The lowest BCUT2D eigenvalue weighted by atomic mass is 10.1. The second-order valence-electron chi connectivity index (χ2n) is 9.61. The fourth-order valence-electron chi connectivity index (χ4n) is 4.54. The maximum atomic E-state index is 12.6. The van der Waals surface area contributed by atoms with Crippen molar-refractivity contribution in [2.45, 2.75) is 38.5 Å². The molecule has 2 aliphatic heterocycles. The van der Waals surface area contributed by atoms with Gasteiger partial charge in [-0.2, -0.15) is 5.10 Å². The summed E-state index contributed by atoms with van der Waals surface area (Å²) in [6, 6.07) is 10.6. The SMILES string of the molecule is CN1CCN(CCCCCCCCN2C(=O)CN(/N=C/c3ccc(-c4ccc(Cl)cc4)o3)C2=O)CC1.Cl.Cl. The molecule has 0 unspecified atom stereocenters. The van der Waals surface area contributed by atoms with Crippen molar-refractivity contribution in [1.29, 1.82) is 0 Å². The first-order chi connectivity index (χ1) is 17.5. The zero-order valence-corrected chi connectivity index (χ0v) is 24.3. The van der Waals surface area contributed by atoms with Crippen molar-refractivity contribution < 1.29 is 14.0 Å². The topological polar surface area (TPSA) is 72.6 Å². The van der Waals surface area contributed by atoms with E-state index in [2.05, 4.69) is 21.9 Å². The first-order valence-electron chi connectivity index (χ1n) is 12.9. The van der Waals surface area contributed by atoms with E-state index in [1.165, 1.54) is 68.1 Å². The number of hydrogen-bond acceptors (Lipinski definition) is 6. The van der Waals surface area contributed by atoms with Gasteiger partial charge < -0.3 is 14.2 Å². The largest absolute Gasteiger partial charge is 0.455 e. The molecule has 2 saturated heterocycles. The molecular weight excluding hydrogens is 549 g/mol. The van der Waals surface area contributed by atoms with Crippen molar-refractivity contribution in [3.8, 4) is 11.3 Å². The number of unbranched alkanes of at least 4 members (excludes halogenated alkanes) is 5. The molecular formula is C27H38Cl3N5O3. The number of urea groups is 1. The minimum absolute atomic E-state index is 0. The van der Waals surface area contributed by atoms with Gasteiger partial charge >= 0.3 is 6.03 Å². The number of nitrogens with zero attached hydrogens (tertiary/aromatic N) is 5. The first-order valence-corrected chi connectivity index (χ1v) is 13.3. The lowest BCUT2D eigenvalue weighted by Crippen LogP contribution is -2.44. The van der Waals surface area contributed by atoms with Crippen molar-refractivity contribution in [3.63, 3.8) is 0 Å². The fraction of sp³-hybridized carbons (Fsp3) is 0.519. The Morgan fingerprint density at radius 1 is 0.868 bits per heavy atom. The zero-order valence-electron chi connectivity index (χ0n) is 21.9. The van der Waals surface area contributed by atoms with Gasteiger partial charge in [-0.15, -0.1) is 24.8 Å². The summed E-state index contributed by atoms with van der Waals surface area (Å²) in [4.78, 5) is 31.2. The summed E-state index contributed by atoms with van der Waals surface area (Å²) in [5.74, 6) is 0.981. The van der Waals surface area contributed by atoms with E-state index >= 15 is 0 Å². The molecule has 0 saturated carbocycles. The van der Waals surface area contributed by atoms with Crippen LogP contribution in [0.15, 0.2) is 45.9 Å². The summed E-state index contributed by atoms with van der Waals surface area (Å²) in [5.41, 5.74) is 0.896. The summed E-state index contributed by atoms with van der Waals surface area (Å²) in [6.07, 6.45) is 8.14. The van der Waals surface area contributed by atoms with Crippen LogP contribution in [-0.4, -0.2) is 90.7 Å². The van der Waals surface area contributed by atoms with Crippen LogP contribution < -0.4 is 0 Å². The molecule has 0 aliphatic carbocycles. The van der Waals surface area contributed by atoms with Crippen molar-refractivity contribution in [2.24, 2.45) is 5.10 Å². The number of carbonyl (C=O) groups excluding carboxylic acids is 2. The number of halogens is 3. The van der Waals surface area contributed by atoms with Crippen molar-refractivity contribution in [2.75, 3.05) is 52.9 Å². The zero-order chi connectivity index (χ0) is 25.3. The molecule has 11 heteroatoms. The van der Waals surface area contributed by atoms with Gasteiger partial charge in [0.2, 0.25) is 0 Å². The summed E-state index contributed by atoms with van der Waals surface area (Å²) < 4.78 is 5.78. The third-order valence-corrected chi connectivity index (χ3v) is 7.07. The number of imide groups is 1. The van der Waals surface area contributed by atoms with Gasteiger partial charge in [0, 0.05) is 43.3 Å². The molecule has 1 aromatic heterocycles. The van der Waals surface area contributed by atoms with Crippen LogP contribution in [0.25, 0.3) is 11.3 Å². The first kappa shape index (κ1) is 32.1. The van der Waals surface area contributed by atoms with Gasteiger partial charge in [-0.1, -0.05) is 37.3 Å². The molecule has 2 aromatic rings. The minimum atomic E-state index is -0.368. The van der Waals surface area contributed by atoms with Crippen LogP contribution in [-0.2, 0) is 4.79 Å². The van der Waals surface area contributed by atoms with Gasteiger partial charge in [0.1, 0.15) is 18.1 Å². The average molecular weight is 587 g/mol. The molecule has 0 radical (unpaired) electrons. The lowest BCUT2D eigenvalue weighted by molar-refractivity contribution is -0.125. The average Bonchev–Trinajstić information content (AvgIpc) is 3.45. The highest BCUT2D eigenvalue weighted by atomic mass is 35.5. The Labute approximate surface area is 242 Å². The third kappa shape index (κ3) is 9.27. The number of amides is 3. The van der Waals surface area contributed by atoms with Gasteiger partial charge in [-0.3, -0.25) is 9.69 Å². The van der Waals surface area contributed by atoms with Gasteiger partial charge in [0.05, 0.1) is 6.21 Å². The van der Waals surface area contributed by atoms with Crippen LogP contribution in [0, 0.1) is 0 Å². The predicted molar refractivity (Wildman–Crippen MR) is 157 cm³/mol. The molecule has 0 bridgehead atoms. The molecule has 0 spiro atoms. The van der Waals surface area contributed by atoms with Crippen LogP contribution in [0.3, 0.4) is 0 Å². The Balaban J connectivity index is 0.00000253. The standard InChI is InChI=1S/C27H36ClN5O3.2ClH/c1-30-16-18-31(19-17-30)14-6-4-2-3-5-7-15-32-26(34)21-33(27(32)35)29-20-24-12-13-25(36-24)22-8-10-23(28)11-9-22;;/h8-13,20H,2-7,14-19,21H2,1H3;2*1H/b29-20+;;. The Morgan fingerprint density at radius 3 is 2.18 bits per heavy atom. The maximum Gasteiger partial charge on any atom is 0.347 e. The van der Waals surface area contributed by atoms with Crippen molar-refractivity contribution in [3.05, 3.63) is 47.2 Å². The monoisotopic (exact) mass is 585 g/mol. The second kappa shape index (κ2) is 16.1. The van der Waals surface area contributed by atoms with Crippen LogP contribution >= 0.6 is 36.4 Å². The maximum absolute atomic E-state index is 12.6. The minimum Gasteiger partial charge on any atom is -0.455 e. The van der Waals surface area contributed by atoms with Gasteiger partial charge in [-0.25, -0.2) is 9.80 Å². The van der Waals surface area contributed by atoms with Gasteiger partial charge in [0.25, 0.3) is 5.91 Å². The number of furan rings is 1. The molecule has 3 amide bonds. The number of hydrogen-bond donors (Lipinski definition) is 0. The Morgan fingerprint density at radius 2 is 1.50 bits per heavy atom. The summed E-state index contributed by atoms with van der Waals surface area (Å²) in [5, 5.41) is 6.05. The molecule has 2 fully saturated rings. The molecule has 1 aromatic carbocycles. The number of rotatable bonds is 12. The number of benzene rings is 1. The van der Waals surface area contributed by atoms with E-state index in [9.17, 15) is 9.59 Å². The molecule has 210 valence electrons. The summed E-state index contributed by atoms with van der Waals surface area (Å²) >= 11 is 5.93. The van der Waals surface area contributed by atoms with E-state index in [0.717, 1.165) is 24.8 Å². The Bertz CT molecular complexity index is 1040. The highest BCUT2D eigenvalue weighted by Crippen LogP contribution is 2.23. The van der Waals surface area contributed by atoms with Crippen molar-refractivity contribution >= 4 is 54.6 Å². The summed E-state index contributed by atoms with van der Waals surface area (Å²) in [6.45, 7) is 6.32. The molecule has 8 nitrogen and oxygen atoms in total. The number of likely N-dealkylation sites (N-methyl/N-ethyl adjacent to an activating group) is 1. The Hall–Kier alpha value is -2.10. The van der Waals surface area contributed by atoms with Crippen LogP contribution in [0.4, 0.5) is 4.79 Å². The molecule has 2 aliphatic rings. The van der Waals surface area contributed by atoms with E-state index in [-0.39, 0.29) is 43.3 Å². The molecule has 38 heavy (non-hydrogen) atoms. The quantitative estimate of drug-likeness (QED) is 0.183. The predicted octanol–water partition coefficient (Wildman–Crippen LogP) is 5.63. The summed E-state index contributed by atoms with van der Waals surface area (Å²) in [7, 11) is 2.19. The molecule has 0 atom stereocenters. The highest BCUT2D eigenvalue weighted by Gasteiger charge is 2.35. The van der Waals surface area contributed by atoms with Crippen LogP contribution in [0.5, 0.6) is 0 Å². The highest BCUT2D eigenvalue weighted by molar-refractivity contribution is 6.30. The lowest BCUT2D eigenvalue weighted by Gasteiger charge is -2.32. The third-order valence-electron chi connectivity index (χ3n) is 6.82. The number of piperazine rings is 1. The number of carbonyl (C=O) groups is 2.